The van der Waals surface area contributed by atoms with Crippen LogP contribution in [0.25, 0.3) is 0 Å². The third-order valence-electron chi connectivity index (χ3n) is 4.94. The highest BCUT2D eigenvalue weighted by Crippen LogP contribution is 2.24. The van der Waals surface area contributed by atoms with Gasteiger partial charge in [-0.2, -0.15) is 0 Å². The van der Waals surface area contributed by atoms with Crippen molar-refractivity contribution in [2.24, 2.45) is 0 Å². The fourth-order valence-electron chi connectivity index (χ4n) is 3.56. The van der Waals surface area contributed by atoms with Crippen molar-refractivity contribution in [3.8, 4) is 0 Å². The van der Waals surface area contributed by atoms with Gasteiger partial charge in [0.1, 0.15) is 0 Å². The zero-order chi connectivity index (χ0) is 17.5. The Morgan fingerprint density at radius 1 is 1.16 bits per heavy atom. The minimum atomic E-state index is 0.556. The fourth-order valence-corrected chi connectivity index (χ4v) is 3.92. The third-order valence-corrected chi connectivity index (χ3v) is 5.27. The Hall–Kier alpha value is -1.94. The summed E-state index contributed by atoms with van der Waals surface area (Å²) in [7, 11) is 0. The van der Waals surface area contributed by atoms with E-state index in [1.807, 2.05) is 12.4 Å². The van der Waals surface area contributed by atoms with Crippen molar-refractivity contribution in [3.05, 3.63) is 59.9 Å². The van der Waals surface area contributed by atoms with Gasteiger partial charge in [0.2, 0.25) is 0 Å². The van der Waals surface area contributed by atoms with E-state index in [0.29, 0.717) is 6.04 Å². The highest BCUT2D eigenvalue weighted by Gasteiger charge is 2.23. The molecule has 0 aliphatic heterocycles. The molecule has 4 heteroatoms. The Kier molecular flexibility index (Phi) is 6.40. The lowest BCUT2D eigenvalue weighted by molar-refractivity contribution is 0.248. The summed E-state index contributed by atoms with van der Waals surface area (Å²) in [5, 5.41) is 4.31. The molecule has 0 amide bonds. The lowest BCUT2D eigenvalue weighted by Crippen LogP contribution is -2.44. The van der Waals surface area contributed by atoms with E-state index >= 15 is 0 Å². The number of benzene rings is 1. The molecular formula is C21H27N3S. The predicted octanol–water partition coefficient (Wildman–Crippen LogP) is 4.96. The van der Waals surface area contributed by atoms with Gasteiger partial charge in [-0.25, -0.2) is 0 Å². The summed E-state index contributed by atoms with van der Waals surface area (Å²) in [4.78, 5) is 6.52. The Morgan fingerprint density at radius 3 is 2.64 bits per heavy atom. The molecule has 0 saturated heterocycles. The van der Waals surface area contributed by atoms with Crippen LogP contribution in [-0.4, -0.2) is 27.6 Å². The topological polar surface area (TPSA) is 28.2 Å². The van der Waals surface area contributed by atoms with Crippen molar-refractivity contribution < 1.29 is 0 Å². The lowest BCUT2D eigenvalue weighted by Gasteiger charge is -2.36. The van der Waals surface area contributed by atoms with Crippen LogP contribution >= 0.6 is 12.2 Å². The number of aromatic nitrogens is 1. The minimum absolute atomic E-state index is 0.556. The summed E-state index contributed by atoms with van der Waals surface area (Å²) in [5.74, 6) is 0. The van der Waals surface area contributed by atoms with Gasteiger partial charge in [0, 0.05) is 30.7 Å². The van der Waals surface area contributed by atoms with Gasteiger partial charge in [-0.3, -0.25) is 4.98 Å². The van der Waals surface area contributed by atoms with Gasteiger partial charge in [0.15, 0.2) is 5.11 Å². The zero-order valence-electron chi connectivity index (χ0n) is 14.9. The van der Waals surface area contributed by atoms with Crippen molar-refractivity contribution in [2.45, 2.75) is 51.5 Å². The van der Waals surface area contributed by atoms with Gasteiger partial charge in [0.05, 0.1) is 0 Å². The van der Waals surface area contributed by atoms with Crippen molar-refractivity contribution in [1.29, 1.82) is 0 Å². The first-order chi connectivity index (χ1) is 12.2. The minimum Gasteiger partial charge on any atom is -0.346 e. The molecule has 1 aliphatic rings. The number of nitrogens with one attached hydrogen (secondary N) is 1. The first-order valence-electron chi connectivity index (χ1n) is 9.25. The van der Waals surface area contributed by atoms with E-state index in [0.717, 1.165) is 23.8 Å². The first-order valence-corrected chi connectivity index (χ1v) is 9.66. The number of aryl methyl sites for hydroxylation is 1. The monoisotopic (exact) mass is 353 g/mol. The Labute approximate surface area is 156 Å². The van der Waals surface area contributed by atoms with E-state index in [1.54, 1.807) is 0 Å². The molecule has 1 fully saturated rings. The van der Waals surface area contributed by atoms with Crippen LogP contribution < -0.4 is 5.32 Å². The van der Waals surface area contributed by atoms with E-state index in [4.69, 9.17) is 12.2 Å². The Bertz CT molecular complexity index is 681. The number of nitrogens with zero attached hydrogens (tertiary/aromatic N) is 2. The van der Waals surface area contributed by atoms with Crippen LogP contribution in [0.2, 0.25) is 0 Å². The lowest BCUT2D eigenvalue weighted by atomic mass is 9.94. The summed E-state index contributed by atoms with van der Waals surface area (Å²) < 4.78 is 0. The van der Waals surface area contributed by atoms with Crippen LogP contribution in [0.1, 0.15) is 43.2 Å². The van der Waals surface area contributed by atoms with Crippen molar-refractivity contribution in [2.75, 3.05) is 11.9 Å². The molecule has 0 spiro atoms. The van der Waals surface area contributed by atoms with Gasteiger partial charge in [0.25, 0.3) is 0 Å². The van der Waals surface area contributed by atoms with Gasteiger partial charge in [-0.1, -0.05) is 31.4 Å². The molecule has 1 aromatic heterocycles. The van der Waals surface area contributed by atoms with E-state index < -0.39 is 0 Å². The van der Waals surface area contributed by atoms with Gasteiger partial charge < -0.3 is 10.2 Å². The number of anilines is 1. The van der Waals surface area contributed by atoms with Crippen LogP contribution in [-0.2, 0) is 6.42 Å². The second kappa shape index (κ2) is 8.95. The van der Waals surface area contributed by atoms with Crippen molar-refractivity contribution in [1.82, 2.24) is 9.88 Å². The third kappa shape index (κ3) is 5.27. The normalized spacial score (nSPS) is 14.9. The molecule has 1 aliphatic carbocycles. The molecule has 0 radical (unpaired) electrons. The SMILES string of the molecule is Cc1cccc(NC(=S)N(CCc2ccncc2)C2CCCCC2)c1. The number of thiocarbonyl (C=S) groups is 1. The average molecular weight is 354 g/mol. The molecule has 3 nitrogen and oxygen atoms in total. The summed E-state index contributed by atoms with van der Waals surface area (Å²) in [6, 6.07) is 13.2. The van der Waals surface area contributed by atoms with Gasteiger partial charge in [-0.05, 0) is 73.8 Å². The highest BCUT2D eigenvalue weighted by atomic mass is 32.1. The van der Waals surface area contributed by atoms with Crippen LogP contribution in [0, 0.1) is 6.92 Å². The molecule has 1 N–H and O–H groups in total. The molecule has 0 atom stereocenters. The van der Waals surface area contributed by atoms with Crippen LogP contribution in [0.4, 0.5) is 5.69 Å². The van der Waals surface area contributed by atoms with Crippen LogP contribution in [0.5, 0.6) is 0 Å². The summed E-state index contributed by atoms with van der Waals surface area (Å²) in [5.41, 5.74) is 3.64. The second-order valence-corrected chi connectivity index (χ2v) is 7.28. The van der Waals surface area contributed by atoms with E-state index in [9.17, 15) is 0 Å². The molecule has 132 valence electrons. The Balaban J connectivity index is 1.69. The largest absolute Gasteiger partial charge is 0.346 e. The standard InChI is InChI=1S/C21H27N3S/c1-17-6-5-7-19(16-17)23-21(25)24(20-8-3-2-4-9-20)15-12-18-10-13-22-14-11-18/h5-7,10-11,13-14,16,20H,2-4,8-9,12,15H2,1H3,(H,23,25). The molecular weight excluding hydrogens is 326 g/mol. The van der Waals surface area contributed by atoms with Gasteiger partial charge >= 0.3 is 0 Å². The molecule has 2 aromatic rings. The molecule has 1 aromatic carbocycles. The van der Waals surface area contributed by atoms with Gasteiger partial charge in [-0.15, -0.1) is 0 Å². The van der Waals surface area contributed by atoms with Crippen molar-refractivity contribution >= 4 is 23.0 Å². The van der Waals surface area contributed by atoms with Crippen LogP contribution in [0.15, 0.2) is 48.8 Å². The van der Waals surface area contributed by atoms with E-state index in [1.165, 1.54) is 43.2 Å². The van der Waals surface area contributed by atoms with Crippen LogP contribution in [0.3, 0.4) is 0 Å². The highest BCUT2D eigenvalue weighted by molar-refractivity contribution is 7.80. The van der Waals surface area contributed by atoms with E-state index in [2.05, 4.69) is 58.5 Å². The smallest absolute Gasteiger partial charge is 0.173 e. The summed E-state index contributed by atoms with van der Waals surface area (Å²) >= 11 is 5.80. The maximum absolute atomic E-state index is 5.80. The maximum atomic E-state index is 5.80. The quantitative estimate of drug-likeness (QED) is 0.769. The second-order valence-electron chi connectivity index (χ2n) is 6.89. The molecule has 0 bridgehead atoms. The zero-order valence-corrected chi connectivity index (χ0v) is 15.8. The summed E-state index contributed by atoms with van der Waals surface area (Å²) in [6.45, 7) is 3.06. The first kappa shape index (κ1) is 17.9. The average Bonchev–Trinajstić information content (AvgIpc) is 2.64. The fraction of sp³-hybridized carbons (Fsp3) is 0.429. The van der Waals surface area contributed by atoms with E-state index in [-0.39, 0.29) is 0 Å². The number of pyridine rings is 1. The maximum Gasteiger partial charge on any atom is 0.173 e. The summed E-state index contributed by atoms with van der Waals surface area (Å²) in [6.07, 6.45) is 11.2. The number of rotatable bonds is 5. The molecule has 1 heterocycles. The van der Waals surface area contributed by atoms with Crippen molar-refractivity contribution in [3.63, 3.8) is 0 Å². The molecule has 0 unspecified atom stereocenters. The molecule has 1 saturated carbocycles. The molecule has 25 heavy (non-hydrogen) atoms. The molecule has 3 rings (SSSR count). The predicted molar refractivity (Wildman–Crippen MR) is 109 cm³/mol. The number of hydrogen-bond donors (Lipinski definition) is 1. The number of hydrogen-bond acceptors (Lipinski definition) is 2. The Morgan fingerprint density at radius 2 is 1.92 bits per heavy atom.